The van der Waals surface area contributed by atoms with E-state index in [4.69, 9.17) is 21.1 Å². The topological polar surface area (TPSA) is 83.6 Å². The number of halogens is 2. The Morgan fingerprint density at radius 3 is 2.65 bits per heavy atom. The number of carbonyl (C=O) groups is 1. The van der Waals surface area contributed by atoms with Gasteiger partial charge in [-0.2, -0.15) is 0 Å². The van der Waals surface area contributed by atoms with Gasteiger partial charge in [0.1, 0.15) is 18.5 Å². The van der Waals surface area contributed by atoms with E-state index in [1.807, 2.05) is 30.5 Å². The number of nitrogens with one attached hydrogen (secondary N) is 2. The molecule has 0 aliphatic carbocycles. The number of para-hydroxylation sites is 1. The van der Waals surface area contributed by atoms with Crippen molar-refractivity contribution in [1.82, 2.24) is 10.3 Å². The van der Waals surface area contributed by atoms with Gasteiger partial charge in [0.2, 0.25) is 0 Å². The Kier molecular flexibility index (Phi) is 7.35. The number of carboxylic acids is 1. The molecule has 3 aromatic carbocycles. The Morgan fingerprint density at radius 1 is 1.15 bits per heavy atom. The maximum Gasteiger partial charge on any atom is 0.321 e. The van der Waals surface area contributed by atoms with E-state index in [2.05, 4.69) is 10.3 Å². The van der Waals surface area contributed by atoms with Gasteiger partial charge in [0.05, 0.1) is 12.1 Å². The Morgan fingerprint density at radius 2 is 1.91 bits per heavy atom. The molecule has 0 aliphatic heterocycles. The number of methoxy groups -OCH3 is 1. The number of rotatable bonds is 10. The standard InChI is InChI=1S/C26H24ClFN2O4/c1-33-24-11-17(10-21(27)25(24)34-15-16-6-8-19(28)9-7-16)13-29-23(26(31)32)12-18-14-30-22-5-3-2-4-20(18)22/h2-11,14,23,29-30H,12-13,15H2,1H3,(H,31,32). The minimum absolute atomic E-state index is 0.194. The Balaban J connectivity index is 1.45. The van der Waals surface area contributed by atoms with Crippen LogP contribution >= 0.6 is 11.6 Å². The predicted molar refractivity (Wildman–Crippen MR) is 129 cm³/mol. The monoisotopic (exact) mass is 482 g/mol. The number of aromatic nitrogens is 1. The van der Waals surface area contributed by atoms with Gasteiger partial charge < -0.3 is 24.9 Å². The summed E-state index contributed by atoms with van der Waals surface area (Å²) >= 11 is 6.45. The largest absolute Gasteiger partial charge is 0.493 e. The molecule has 0 spiro atoms. The minimum Gasteiger partial charge on any atom is -0.493 e. The summed E-state index contributed by atoms with van der Waals surface area (Å²) in [7, 11) is 1.50. The van der Waals surface area contributed by atoms with Crippen LogP contribution in [0, 0.1) is 5.82 Å². The molecular weight excluding hydrogens is 459 g/mol. The van der Waals surface area contributed by atoms with Crippen molar-refractivity contribution in [2.45, 2.75) is 25.6 Å². The fraction of sp³-hybridized carbons (Fsp3) is 0.192. The molecule has 4 rings (SSSR count). The van der Waals surface area contributed by atoms with Crippen molar-refractivity contribution in [1.29, 1.82) is 0 Å². The molecule has 0 amide bonds. The Hall–Kier alpha value is -3.55. The van der Waals surface area contributed by atoms with Crippen molar-refractivity contribution >= 4 is 28.5 Å². The van der Waals surface area contributed by atoms with Crippen molar-refractivity contribution in [3.05, 3.63) is 94.4 Å². The second kappa shape index (κ2) is 10.6. The number of hydrogen-bond acceptors (Lipinski definition) is 4. The van der Waals surface area contributed by atoms with Crippen LogP contribution in [-0.4, -0.2) is 29.2 Å². The summed E-state index contributed by atoms with van der Waals surface area (Å²) in [5, 5.41) is 14.2. The number of ether oxygens (including phenoxy) is 2. The van der Waals surface area contributed by atoms with E-state index in [1.54, 1.807) is 24.3 Å². The zero-order valence-corrected chi connectivity index (χ0v) is 19.2. The molecule has 0 bridgehead atoms. The lowest BCUT2D eigenvalue weighted by Crippen LogP contribution is -2.38. The summed E-state index contributed by atoms with van der Waals surface area (Å²) in [5.41, 5.74) is 3.43. The smallest absolute Gasteiger partial charge is 0.321 e. The molecule has 1 aromatic heterocycles. The van der Waals surface area contributed by atoms with Gasteiger partial charge in [-0.05, 0) is 47.0 Å². The normalized spacial score (nSPS) is 12.0. The summed E-state index contributed by atoms with van der Waals surface area (Å²) in [4.78, 5) is 15.1. The van der Waals surface area contributed by atoms with Crippen LogP contribution in [0.5, 0.6) is 11.5 Å². The molecule has 0 saturated carbocycles. The highest BCUT2D eigenvalue weighted by Crippen LogP contribution is 2.37. The number of aromatic amines is 1. The summed E-state index contributed by atoms with van der Waals surface area (Å²) < 4.78 is 24.4. The second-order valence-corrected chi connectivity index (χ2v) is 8.27. The van der Waals surface area contributed by atoms with Gasteiger partial charge in [0, 0.05) is 30.1 Å². The highest BCUT2D eigenvalue weighted by Gasteiger charge is 2.20. The number of H-pyrrole nitrogens is 1. The third-order valence-electron chi connectivity index (χ3n) is 5.54. The van der Waals surface area contributed by atoms with Gasteiger partial charge in [0.25, 0.3) is 0 Å². The molecule has 176 valence electrons. The van der Waals surface area contributed by atoms with Crippen LogP contribution in [0.15, 0.2) is 66.9 Å². The van der Waals surface area contributed by atoms with Gasteiger partial charge in [-0.1, -0.05) is 41.9 Å². The van der Waals surface area contributed by atoms with E-state index >= 15 is 0 Å². The van der Waals surface area contributed by atoms with Crippen LogP contribution in [0.25, 0.3) is 10.9 Å². The molecule has 34 heavy (non-hydrogen) atoms. The molecule has 0 radical (unpaired) electrons. The first-order chi connectivity index (χ1) is 16.4. The van der Waals surface area contributed by atoms with Crippen LogP contribution in [-0.2, 0) is 24.4 Å². The SMILES string of the molecule is COc1cc(CNC(Cc2c[nH]c3ccccc23)C(=O)O)cc(Cl)c1OCc1ccc(F)cc1. The summed E-state index contributed by atoms with van der Waals surface area (Å²) in [6.07, 6.45) is 2.17. The van der Waals surface area contributed by atoms with E-state index in [0.29, 0.717) is 22.9 Å². The van der Waals surface area contributed by atoms with Crippen LogP contribution in [0.3, 0.4) is 0 Å². The highest BCUT2D eigenvalue weighted by molar-refractivity contribution is 6.32. The molecule has 0 aliphatic rings. The average molecular weight is 483 g/mol. The molecule has 0 saturated heterocycles. The number of hydrogen-bond donors (Lipinski definition) is 3. The summed E-state index contributed by atoms with van der Waals surface area (Å²) in [6.45, 7) is 0.466. The molecule has 4 aromatic rings. The maximum absolute atomic E-state index is 13.1. The first kappa shape index (κ1) is 23.6. The number of carboxylic acid groups (broad SMARTS) is 1. The molecule has 1 heterocycles. The van der Waals surface area contributed by atoms with Crippen molar-refractivity contribution in [2.75, 3.05) is 7.11 Å². The van der Waals surface area contributed by atoms with Crippen LogP contribution < -0.4 is 14.8 Å². The number of fused-ring (bicyclic) bond motifs is 1. The van der Waals surface area contributed by atoms with Crippen LogP contribution in [0.2, 0.25) is 5.02 Å². The van der Waals surface area contributed by atoms with Crippen LogP contribution in [0.4, 0.5) is 4.39 Å². The lowest BCUT2D eigenvalue weighted by Gasteiger charge is -2.17. The van der Waals surface area contributed by atoms with Crippen molar-refractivity contribution in [3.63, 3.8) is 0 Å². The zero-order chi connectivity index (χ0) is 24.1. The number of benzene rings is 3. The predicted octanol–water partition coefficient (Wildman–Crippen LogP) is 5.33. The summed E-state index contributed by atoms with van der Waals surface area (Å²) in [5.74, 6) is -0.469. The lowest BCUT2D eigenvalue weighted by molar-refractivity contribution is -0.139. The fourth-order valence-electron chi connectivity index (χ4n) is 3.76. The first-order valence-corrected chi connectivity index (χ1v) is 11.1. The van der Waals surface area contributed by atoms with Crippen molar-refractivity contribution in [3.8, 4) is 11.5 Å². The third kappa shape index (κ3) is 5.50. The molecular formula is C26H24ClFN2O4. The van der Waals surface area contributed by atoms with Gasteiger partial charge in [-0.25, -0.2) is 4.39 Å². The summed E-state index contributed by atoms with van der Waals surface area (Å²) in [6, 6.07) is 16.4. The molecule has 8 heteroatoms. The van der Waals surface area contributed by atoms with Gasteiger partial charge in [0.15, 0.2) is 11.5 Å². The molecule has 6 nitrogen and oxygen atoms in total. The highest BCUT2D eigenvalue weighted by atomic mass is 35.5. The maximum atomic E-state index is 13.1. The minimum atomic E-state index is -0.942. The van der Waals surface area contributed by atoms with Gasteiger partial charge in [-0.15, -0.1) is 0 Å². The number of aliphatic carboxylic acids is 1. The first-order valence-electron chi connectivity index (χ1n) is 10.7. The quantitative estimate of drug-likeness (QED) is 0.284. The van der Waals surface area contributed by atoms with E-state index in [0.717, 1.165) is 27.6 Å². The Labute approximate surface area is 201 Å². The average Bonchev–Trinajstić information content (AvgIpc) is 3.24. The molecule has 0 fully saturated rings. The van der Waals surface area contributed by atoms with Crippen molar-refractivity contribution < 1.29 is 23.8 Å². The molecule has 3 N–H and O–H groups in total. The molecule has 1 unspecified atom stereocenters. The van der Waals surface area contributed by atoms with Crippen molar-refractivity contribution in [2.24, 2.45) is 0 Å². The van der Waals surface area contributed by atoms with Gasteiger partial charge in [-0.3, -0.25) is 4.79 Å². The third-order valence-corrected chi connectivity index (χ3v) is 5.82. The van der Waals surface area contributed by atoms with Gasteiger partial charge >= 0.3 is 5.97 Å². The second-order valence-electron chi connectivity index (χ2n) is 7.86. The van der Waals surface area contributed by atoms with E-state index in [-0.39, 0.29) is 19.0 Å². The van der Waals surface area contributed by atoms with E-state index < -0.39 is 12.0 Å². The Bertz CT molecular complexity index is 1290. The fourth-order valence-corrected chi connectivity index (χ4v) is 4.05. The van der Waals surface area contributed by atoms with E-state index in [1.165, 1.54) is 19.2 Å². The van der Waals surface area contributed by atoms with E-state index in [9.17, 15) is 14.3 Å². The lowest BCUT2D eigenvalue weighted by atomic mass is 10.0. The zero-order valence-electron chi connectivity index (χ0n) is 18.5. The molecule has 1 atom stereocenters. The van der Waals surface area contributed by atoms with Crippen LogP contribution in [0.1, 0.15) is 16.7 Å².